The van der Waals surface area contributed by atoms with Crippen LogP contribution in [0.3, 0.4) is 0 Å². The van der Waals surface area contributed by atoms with Crippen molar-refractivity contribution in [1.29, 1.82) is 0 Å². The van der Waals surface area contributed by atoms with Gasteiger partial charge in [0.15, 0.2) is 0 Å². The maximum atomic E-state index is 12.3. The van der Waals surface area contributed by atoms with Crippen molar-refractivity contribution >= 4 is 15.7 Å². The maximum Gasteiger partial charge on any atom is 0.276 e. The van der Waals surface area contributed by atoms with E-state index in [9.17, 15) is 8.42 Å². The van der Waals surface area contributed by atoms with Crippen LogP contribution in [0.1, 0.15) is 42.7 Å². The lowest BCUT2D eigenvalue weighted by Crippen LogP contribution is -2.22. The van der Waals surface area contributed by atoms with Crippen LogP contribution in [-0.4, -0.2) is 14.1 Å². The minimum atomic E-state index is -3.58. The molecule has 0 heterocycles. The number of nitrogens with one attached hydrogen (secondary N) is 1. The SMILES string of the molecule is Cc1ccc(S(=O)(=O)NN=C2CCC(c3ccccc3)CC2)cc1. The fourth-order valence-corrected chi connectivity index (χ4v) is 3.87. The molecule has 1 fully saturated rings. The second-order valence-electron chi connectivity index (χ2n) is 6.27. The minimum absolute atomic E-state index is 0.246. The number of benzene rings is 2. The number of aryl methyl sites for hydroxylation is 1. The van der Waals surface area contributed by atoms with Gasteiger partial charge < -0.3 is 0 Å². The summed E-state index contributed by atoms with van der Waals surface area (Å²) in [4.78, 5) is 2.63. The van der Waals surface area contributed by atoms with Gasteiger partial charge in [0, 0.05) is 5.71 Å². The first-order valence-electron chi connectivity index (χ1n) is 8.23. The number of hydrogen-bond acceptors (Lipinski definition) is 3. The molecule has 0 unspecified atom stereocenters. The number of sulfonamides is 1. The lowest BCUT2D eigenvalue weighted by molar-refractivity contribution is 0.560. The van der Waals surface area contributed by atoms with E-state index in [1.165, 1.54) is 5.56 Å². The summed E-state index contributed by atoms with van der Waals surface area (Å²) < 4.78 is 24.5. The Morgan fingerprint density at radius 2 is 1.58 bits per heavy atom. The fraction of sp³-hybridized carbons (Fsp3) is 0.316. The summed E-state index contributed by atoms with van der Waals surface area (Å²) in [5.74, 6) is 0.541. The molecule has 3 rings (SSSR count). The molecule has 1 N–H and O–H groups in total. The van der Waals surface area contributed by atoms with E-state index in [4.69, 9.17) is 0 Å². The molecule has 2 aromatic carbocycles. The molecule has 0 bridgehead atoms. The first-order valence-corrected chi connectivity index (χ1v) is 9.72. The summed E-state index contributed by atoms with van der Waals surface area (Å²) in [6.07, 6.45) is 3.68. The molecule has 4 nitrogen and oxygen atoms in total. The van der Waals surface area contributed by atoms with Crippen molar-refractivity contribution in [2.24, 2.45) is 5.10 Å². The van der Waals surface area contributed by atoms with Crippen LogP contribution in [-0.2, 0) is 10.0 Å². The molecule has 0 saturated heterocycles. The first-order chi connectivity index (χ1) is 11.5. The summed E-state index contributed by atoms with van der Waals surface area (Å²) in [6.45, 7) is 1.93. The molecule has 0 aliphatic heterocycles. The lowest BCUT2D eigenvalue weighted by Gasteiger charge is -2.23. The zero-order valence-electron chi connectivity index (χ0n) is 13.8. The highest BCUT2D eigenvalue weighted by atomic mass is 32.2. The highest BCUT2D eigenvalue weighted by molar-refractivity contribution is 7.89. The van der Waals surface area contributed by atoms with Gasteiger partial charge in [-0.15, -0.1) is 0 Å². The van der Waals surface area contributed by atoms with Gasteiger partial charge in [0.05, 0.1) is 4.90 Å². The highest BCUT2D eigenvalue weighted by Crippen LogP contribution is 2.31. The average Bonchev–Trinajstić information content (AvgIpc) is 2.62. The van der Waals surface area contributed by atoms with E-state index in [2.05, 4.69) is 34.2 Å². The summed E-state index contributed by atoms with van der Waals surface area (Å²) in [5.41, 5.74) is 3.31. The summed E-state index contributed by atoms with van der Waals surface area (Å²) >= 11 is 0. The molecule has 1 aliphatic rings. The van der Waals surface area contributed by atoms with Gasteiger partial charge >= 0.3 is 0 Å². The third kappa shape index (κ3) is 4.03. The van der Waals surface area contributed by atoms with E-state index in [0.29, 0.717) is 5.92 Å². The molecule has 5 heteroatoms. The van der Waals surface area contributed by atoms with E-state index in [-0.39, 0.29) is 4.90 Å². The van der Waals surface area contributed by atoms with Crippen molar-refractivity contribution in [3.8, 4) is 0 Å². The Kier molecular flexibility index (Phi) is 5.00. The number of hydrogen-bond donors (Lipinski definition) is 1. The standard InChI is InChI=1S/C19H22N2O2S/c1-15-7-13-19(14-8-15)24(22,23)21-20-18-11-9-17(10-12-18)16-5-3-2-4-6-16/h2-8,13-14,17,21H,9-12H2,1H3. The van der Waals surface area contributed by atoms with Crippen LogP contribution in [0.15, 0.2) is 64.6 Å². The van der Waals surface area contributed by atoms with Crippen molar-refractivity contribution in [1.82, 2.24) is 4.83 Å². The molecule has 0 spiro atoms. The molecule has 0 radical (unpaired) electrons. The zero-order chi connectivity index (χ0) is 17.0. The molecule has 0 atom stereocenters. The van der Waals surface area contributed by atoms with Gasteiger partial charge in [-0.3, -0.25) is 0 Å². The molecular weight excluding hydrogens is 320 g/mol. The Morgan fingerprint density at radius 1 is 0.958 bits per heavy atom. The van der Waals surface area contributed by atoms with Gasteiger partial charge in [-0.25, -0.2) is 4.83 Å². The number of nitrogens with zero attached hydrogens (tertiary/aromatic N) is 1. The second-order valence-corrected chi connectivity index (χ2v) is 7.93. The van der Waals surface area contributed by atoms with Crippen LogP contribution >= 0.6 is 0 Å². The zero-order valence-corrected chi connectivity index (χ0v) is 14.6. The third-order valence-corrected chi connectivity index (χ3v) is 5.71. The Balaban J connectivity index is 1.61. The first kappa shape index (κ1) is 16.7. The van der Waals surface area contributed by atoms with Gasteiger partial charge in [0.25, 0.3) is 10.0 Å². The van der Waals surface area contributed by atoms with Gasteiger partial charge in [0.2, 0.25) is 0 Å². The average molecular weight is 342 g/mol. The van der Waals surface area contributed by atoms with Crippen LogP contribution in [0.4, 0.5) is 0 Å². The topological polar surface area (TPSA) is 58.5 Å². The monoisotopic (exact) mass is 342 g/mol. The van der Waals surface area contributed by atoms with Gasteiger partial charge in [0.1, 0.15) is 0 Å². The largest absolute Gasteiger partial charge is 0.276 e. The van der Waals surface area contributed by atoms with Crippen molar-refractivity contribution in [3.63, 3.8) is 0 Å². The minimum Gasteiger partial charge on any atom is -0.200 e. The molecule has 1 aliphatic carbocycles. The van der Waals surface area contributed by atoms with Gasteiger partial charge in [-0.1, -0.05) is 48.0 Å². The molecule has 0 amide bonds. The predicted octanol–water partition coefficient (Wildman–Crippen LogP) is 3.99. The quantitative estimate of drug-likeness (QED) is 0.854. The Labute approximate surface area is 143 Å². The molecular formula is C19H22N2O2S. The lowest BCUT2D eigenvalue weighted by atomic mass is 9.83. The third-order valence-electron chi connectivity index (χ3n) is 4.49. The van der Waals surface area contributed by atoms with Crippen molar-refractivity contribution in [2.45, 2.75) is 43.4 Å². The molecule has 126 valence electrons. The van der Waals surface area contributed by atoms with Crippen LogP contribution < -0.4 is 4.83 Å². The van der Waals surface area contributed by atoms with Crippen molar-refractivity contribution in [2.75, 3.05) is 0 Å². The number of hydrazone groups is 1. The van der Waals surface area contributed by atoms with E-state index in [1.807, 2.05) is 13.0 Å². The highest BCUT2D eigenvalue weighted by Gasteiger charge is 2.20. The summed E-state index contributed by atoms with van der Waals surface area (Å²) in [6, 6.07) is 17.2. The van der Waals surface area contributed by atoms with Crippen LogP contribution in [0.25, 0.3) is 0 Å². The molecule has 0 aromatic heterocycles. The predicted molar refractivity (Wildman–Crippen MR) is 96.6 cm³/mol. The number of rotatable bonds is 4. The summed E-state index contributed by atoms with van der Waals surface area (Å²) in [7, 11) is -3.58. The van der Waals surface area contributed by atoms with Gasteiger partial charge in [-0.2, -0.15) is 13.5 Å². The van der Waals surface area contributed by atoms with Crippen LogP contribution in [0.5, 0.6) is 0 Å². The van der Waals surface area contributed by atoms with Crippen LogP contribution in [0.2, 0.25) is 0 Å². The van der Waals surface area contributed by atoms with E-state index in [1.54, 1.807) is 24.3 Å². The normalized spacial score (nSPS) is 18.2. The molecule has 1 saturated carbocycles. The Hall–Kier alpha value is -2.14. The maximum absolute atomic E-state index is 12.3. The van der Waals surface area contributed by atoms with E-state index >= 15 is 0 Å². The van der Waals surface area contributed by atoms with Crippen molar-refractivity contribution in [3.05, 3.63) is 65.7 Å². The van der Waals surface area contributed by atoms with E-state index < -0.39 is 10.0 Å². The Morgan fingerprint density at radius 3 is 2.21 bits per heavy atom. The summed E-state index contributed by atoms with van der Waals surface area (Å²) in [5, 5.41) is 4.16. The smallest absolute Gasteiger partial charge is 0.200 e. The second kappa shape index (κ2) is 7.18. The Bertz CT molecular complexity index is 802. The fourth-order valence-electron chi connectivity index (χ4n) is 3.02. The van der Waals surface area contributed by atoms with Gasteiger partial charge in [-0.05, 0) is 56.2 Å². The van der Waals surface area contributed by atoms with Crippen LogP contribution in [0, 0.1) is 6.92 Å². The molecule has 24 heavy (non-hydrogen) atoms. The van der Waals surface area contributed by atoms with Crippen molar-refractivity contribution < 1.29 is 8.42 Å². The van der Waals surface area contributed by atoms with E-state index in [0.717, 1.165) is 37.0 Å². The molecule has 2 aromatic rings.